The summed E-state index contributed by atoms with van der Waals surface area (Å²) in [6.45, 7) is 1.55. The summed E-state index contributed by atoms with van der Waals surface area (Å²) in [5.74, 6) is 0. The van der Waals surface area contributed by atoms with Gasteiger partial charge < -0.3 is 24.1 Å². The molecule has 1 aliphatic rings. The van der Waals surface area contributed by atoms with Crippen LogP contribution in [0.25, 0.3) is 0 Å². The van der Waals surface area contributed by atoms with E-state index in [0.717, 1.165) is 16.7 Å². The summed E-state index contributed by atoms with van der Waals surface area (Å²) in [5, 5.41) is 10.5. The molecule has 1 heterocycles. The van der Waals surface area contributed by atoms with Crippen molar-refractivity contribution in [3.05, 3.63) is 108 Å². The highest BCUT2D eigenvalue weighted by atomic mass is 16.7. The van der Waals surface area contributed by atoms with Crippen molar-refractivity contribution in [2.45, 2.75) is 44.4 Å². The minimum atomic E-state index is -1.07. The number of aliphatic hydroxyl groups is 1. The number of rotatable bonds is 10. The van der Waals surface area contributed by atoms with Gasteiger partial charge in [0.25, 0.3) is 0 Å². The predicted octanol–water partition coefficient (Wildman–Crippen LogP) is 4.09. The molecule has 0 spiro atoms. The van der Waals surface area contributed by atoms with Crippen LogP contribution < -0.4 is 0 Å². The number of hydrogen-bond donors (Lipinski definition) is 1. The van der Waals surface area contributed by atoms with E-state index in [-0.39, 0.29) is 0 Å². The van der Waals surface area contributed by atoms with E-state index in [4.69, 9.17) is 18.9 Å². The zero-order chi connectivity index (χ0) is 21.3. The Morgan fingerprint density at radius 2 is 1.06 bits per heavy atom. The molecule has 4 atom stereocenters. The van der Waals surface area contributed by atoms with Gasteiger partial charge in [0, 0.05) is 0 Å². The van der Waals surface area contributed by atoms with Gasteiger partial charge in [0.05, 0.1) is 26.4 Å². The Bertz CT molecular complexity index is 887. The lowest BCUT2D eigenvalue weighted by molar-refractivity contribution is -0.153. The highest BCUT2D eigenvalue weighted by Gasteiger charge is 2.45. The van der Waals surface area contributed by atoms with Gasteiger partial charge in [-0.3, -0.25) is 0 Å². The lowest BCUT2D eigenvalue weighted by Gasteiger charge is -2.24. The average Bonchev–Trinajstić information content (AvgIpc) is 3.12. The number of benzene rings is 3. The van der Waals surface area contributed by atoms with Crippen molar-refractivity contribution in [3.63, 3.8) is 0 Å². The van der Waals surface area contributed by atoms with Crippen molar-refractivity contribution >= 4 is 0 Å². The minimum Gasteiger partial charge on any atom is -0.374 e. The molecule has 1 fully saturated rings. The molecule has 0 aromatic heterocycles. The first kappa shape index (κ1) is 21.7. The van der Waals surface area contributed by atoms with E-state index in [1.165, 1.54) is 0 Å². The van der Waals surface area contributed by atoms with Crippen LogP contribution in [0.4, 0.5) is 0 Å². The normalized spacial score (nSPS) is 23.1. The van der Waals surface area contributed by atoms with Crippen LogP contribution in [0.15, 0.2) is 91.0 Å². The fourth-order valence-electron chi connectivity index (χ4n) is 3.62. The molecule has 4 rings (SSSR count). The van der Waals surface area contributed by atoms with Crippen molar-refractivity contribution in [2.75, 3.05) is 6.61 Å². The Hall–Kier alpha value is -2.54. The molecular weight excluding hydrogens is 392 g/mol. The Balaban J connectivity index is 1.39. The van der Waals surface area contributed by atoms with Gasteiger partial charge in [0.15, 0.2) is 6.29 Å². The molecule has 5 nitrogen and oxygen atoms in total. The molecule has 1 saturated heterocycles. The number of ether oxygens (including phenoxy) is 4. The average molecular weight is 421 g/mol. The van der Waals surface area contributed by atoms with E-state index in [9.17, 15) is 5.11 Å². The molecule has 31 heavy (non-hydrogen) atoms. The van der Waals surface area contributed by atoms with Crippen molar-refractivity contribution in [3.8, 4) is 0 Å². The smallest absolute Gasteiger partial charge is 0.184 e. The van der Waals surface area contributed by atoms with Crippen LogP contribution in [0.2, 0.25) is 0 Å². The van der Waals surface area contributed by atoms with Gasteiger partial charge in [0.1, 0.15) is 18.3 Å². The maximum Gasteiger partial charge on any atom is 0.184 e. The van der Waals surface area contributed by atoms with Gasteiger partial charge in [0.2, 0.25) is 0 Å². The summed E-state index contributed by atoms with van der Waals surface area (Å²) >= 11 is 0. The number of hydrogen-bond acceptors (Lipinski definition) is 5. The molecule has 0 saturated carbocycles. The van der Waals surface area contributed by atoms with Crippen LogP contribution in [0.3, 0.4) is 0 Å². The van der Waals surface area contributed by atoms with Crippen LogP contribution in [-0.4, -0.2) is 36.3 Å². The van der Waals surface area contributed by atoms with Crippen molar-refractivity contribution in [1.82, 2.24) is 0 Å². The fourth-order valence-corrected chi connectivity index (χ4v) is 3.62. The van der Waals surface area contributed by atoms with Gasteiger partial charge in [-0.2, -0.15) is 0 Å². The second-order valence-electron chi connectivity index (χ2n) is 7.59. The summed E-state index contributed by atoms with van der Waals surface area (Å²) in [7, 11) is 0. The molecule has 162 valence electrons. The van der Waals surface area contributed by atoms with E-state index < -0.39 is 24.6 Å². The highest BCUT2D eigenvalue weighted by Crippen LogP contribution is 2.28. The summed E-state index contributed by atoms with van der Waals surface area (Å²) in [6.07, 6.45) is -2.55. The monoisotopic (exact) mass is 420 g/mol. The van der Waals surface area contributed by atoms with Gasteiger partial charge in [-0.1, -0.05) is 91.0 Å². The van der Waals surface area contributed by atoms with E-state index in [0.29, 0.717) is 26.4 Å². The first-order valence-electron chi connectivity index (χ1n) is 10.6. The molecule has 0 radical (unpaired) electrons. The van der Waals surface area contributed by atoms with E-state index in [1.807, 2.05) is 91.0 Å². The zero-order valence-corrected chi connectivity index (χ0v) is 17.4. The predicted molar refractivity (Wildman–Crippen MR) is 117 cm³/mol. The maximum atomic E-state index is 10.5. The largest absolute Gasteiger partial charge is 0.374 e. The van der Waals surface area contributed by atoms with Gasteiger partial charge in [-0.05, 0) is 16.7 Å². The molecule has 0 unspecified atom stereocenters. The van der Waals surface area contributed by atoms with Crippen LogP contribution in [0.1, 0.15) is 16.7 Å². The van der Waals surface area contributed by atoms with Crippen LogP contribution in [0, 0.1) is 0 Å². The Labute approximate surface area is 183 Å². The molecule has 0 amide bonds. The summed E-state index contributed by atoms with van der Waals surface area (Å²) in [4.78, 5) is 0. The van der Waals surface area contributed by atoms with Crippen LogP contribution in [0.5, 0.6) is 0 Å². The SMILES string of the molecule is O[C@H]1O[C@@H](COCc2ccccc2)[C@@H](OCc2ccccc2)[C@H]1OCc1ccccc1. The number of aliphatic hydroxyl groups excluding tert-OH is 1. The van der Waals surface area contributed by atoms with E-state index in [1.54, 1.807) is 0 Å². The standard InChI is InChI=1S/C26H28O5/c27-26-25(30-18-22-14-8-3-9-15-22)24(29-17-21-12-6-2-7-13-21)23(31-26)19-28-16-20-10-4-1-5-11-20/h1-15,23-27H,16-19H2/t23-,24+,25+,26-/m0/s1. The second-order valence-corrected chi connectivity index (χ2v) is 7.59. The van der Waals surface area contributed by atoms with Gasteiger partial charge >= 0.3 is 0 Å². The third-order valence-electron chi connectivity index (χ3n) is 5.25. The van der Waals surface area contributed by atoms with Gasteiger partial charge in [-0.25, -0.2) is 0 Å². The third kappa shape index (κ3) is 6.23. The van der Waals surface area contributed by atoms with E-state index >= 15 is 0 Å². The molecule has 1 aliphatic heterocycles. The van der Waals surface area contributed by atoms with Gasteiger partial charge in [-0.15, -0.1) is 0 Å². The van der Waals surface area contributed by atoms with Crippen LogP contribution in [-0.2, 0) is 38.8 Å². The molecule has 1 N–H and O–H groups in total. The Kier molecular flexibility index (Phi) is 7.82. The van der Waals surface area contributed by atoms with Crippen LogP contribution >= 0.6 is 0 Å². The van der Waals surface area contributed by atoms with Crippen molar-refractivity contribution in [2.24, 2.45) is 0 Å². The lowest BCUT2D eigenvalue weighted by Crippen LogP contribution is -2.39. The maximum absolute atomic E-state index is 10.5. The summed E-state index contributed by atoms with van der Waals surface area (Å²) < 4.78 is 23.9. The topological polar surface area (TPSA) is 57.2 Å². The zero-order valence-electron chi connectivity index (χ0n) is 17.4. The van der Waals surface area contributed by atoms with Crippen molar-refractivity contribution in [1.29, 1.82) is 0 Å². The highest BCUT2D eigenvalue weighted by molar-refractivity contribution is 5.15. The first-order valence-corrected chi connectivity index (χ1v) is 10.6. The molecule has 0 bridgehead atoms. The quantitative estimate of drug-likeness (QED) is 0.535. The first-order chi connectivity index (χ1) is 15.3. The Morgan fingerprint density at radius 1 is 0.613 bits per heavy atom. The van der Waals surface area contributed by atoms with Crippen molar-refractivity contribution < 1.29 is 24.1 Å². The van der Waals surface area contributed by atoms with E-state index in [2.05, 4.69) is 0 Å². The molecule has 3 aromatic carbocycles. The molecular formula is C26H28O5. The minimum absolute atomic E-state index is 0.302. The Morgan fingerprint density at radius 3 is 1.58 bits per heavy atom. The summed E-state index contributed by atoms with van der Waals surface area (Å²) in [6, 6.07) is 29.8. The summed E-state index contributed by atoms with van der Waals surface area (Å²) in [5.41, 5.74) is 3.16. The third-order valence-corrected chi connectivity index (χ3v) is 5.25. The molecule has 3 aromatic rings. The molecule has 0 aliphatic carbocycles. The lowest BCUT2D eigenvalue weighted by atomic mass is 10.1. The fraction of sp³-hybridized carbons (Fsp3) is 0.308. The second kappa shape index (κ2) is 11.2. The molecule has 5 heteroatoms.